The second-order valence-corrected chi connectivity index (χ2v) is 4.25. The molecule has 0 N–H and O–H groups in total. The normalized spacial score (nSPS) is 10.9. The van der Waals surface area contributed by atoms with Crippen LogP contribution in [0.25, 0.3) is 0 Å². The quantitative estimate of drug-likeness (QED) is 0.375. The van der Waals surface area contributed by atoms with Gasteiger partial charge in [0.1, 0.15) is 18.8 Å². The van der Waals surface area contributed by atoms with E-state index >= 15 is 0 Å². The zero-order valence-electron chi connectivity index (χ0n) is 10.2. The number of terminal acetylenes is 1. The Kier molecular flexibility index (Phi) is 7.61. The van der Waals surface area contributed by atoms with Gasteiger partial charge in [-0.1, -0.05) is 5.92 Å². The van der Waals surface area contributed by atoms with E-state index in [0.717, 1.165) is 0 Å². The first-order chi connectivity index (χ1) is 7.45. The van der Waals surface area contributed by atoms with Gasteiger partial charge in [-0.25, -0.2) is 4.79 Å². The molecule has 0 aromatic carbocycles. The van der Waals surface area contributed by atoms with Crippen molar-refractivity contribution >= 4 is 5.97 Å². The van der Waals surface area contributed by atoms with Crippen LogP contribution in [0.4, 0.5) is 0 Å². The van der Waals surface area contributed by atoms with Crippen molar-refractivity contribution in [1.82, 2.24) is 0 Å². The molecule has 0 aliphatic carbocycles. The highest BCUT2D eigenvalue weighted by molar-refractivity contribution is 5.71. The van der Waals surface area contributed by atoms with Crippen molar-refractivity contribution in [3.05, 3.63) is 0 Å². The van der Waals surface area contributed by atoms with Crippen LogP contribution in [0, 0.1) is 12.3 Å². The summed E-state index contributed by atoms with van der Waals surface area (Å²) in [5.74, 6) is 2.02. The van der Waals surface area contributed by atoms with E-state index in [4.69, 9.17) is 20.6 Å². The molecule has 0 atom stereocenters. The smallest absolute Gasteiger partial charge is 0.332 e. The highest BCUT2D eigenvalue weighted by atomic mass is 16.6. The van der Waals surface area contributed by atoms with E-state index in [1.54, 1.807) is 0 Å². The predicted molar refractivity (Wildman–Crippen MR) is 60.9 cm³/mol. The Balaban J connectivity index is 3.32. The first kappa shape index (κ1) is 14.9. The maximum absolute atomic E-state index is 11.2. The maximum atomic E-state index is 11.2. The van der Waals surface area contributed by atoms with Crippen molar-refractivity contribution in [3.8, 4) is 12.3 Å². The Labute approximate surface area is 97.3 Å². The van der Waals surface area contributed by atoms with Crippen LogP contribution >= 0.6 is 0 Å². The molecule has 0 aliphatic rings. The number of carbonyl (C=O) groups is 1. The Morgan fingerprint density at radius 3 is 2.44 bits per heavy atom. The van der Waals surface area contributed by atoms with Gasteiger partial charge < -0.3 is 14.2 Å². The number of hydrogen-bond acceptors (Lipinski definition) is 4. The first-order valence-electron chi connectivity index (χ1n) is 5.26. The van der Waals surface area contributed by atoms with E-state index in [1.165, 1.54) is 0 Å². The SMILES string of the molecule is C#CCOCCCOCC(=O)OC(C)(C)C. The largest absolute Gasteiger partial charge is 0.458 e. The van der Waals surface area contributed by atoms with Gasteiger partial charge >= 0.3 is 5.97 Å². The summed E-state index contributed by atoms with van der Waals surface area (Å²) in [5.41, 5.74) is -0.462. The van der Waals surface area contributed by atoms with Crippen molar-refractivity contribution in [3.63, 3.8) is 0 Å². The van der Waals surface area contributed by atoms with Gasteiger partial charge in [-0.05, 0) is 27.2 Å². The van der Waals surface area contributed by atoms with Gasteiger partial charge in [0, 0.05) is 6.61 Å². The Bertz CT molecular complexity index is 234. The fourth-order valence-corrected chi connectivity index (χ4v) is 0.921. The van der Waals surface area contributed by atoms with Crippen molar-refractivity contribution < 1.29 is 19.0 Å². The average molecular weight is 228 g/mol. The summed E-state index contributed by atoms with van der Waals surface area (Å²) in [6, 6.07) is 0. The summed E-state index contributed by atoms with van der Waals surface area (Å²) in [5, 5.41) is 0. The minimum atomic E-state index is -0.462. The lowest BCUT2D eigenvalue weighted by Crippen LogP contribution is -2.26. The second-order valence-electron chi connectivity index (χ2n) is 4.25. The molecule has 0 saturated heterocycles. The van der Waals surface area contributed by atoms with Gasteiger partial charge in [0.15, 0.2) is 0 Å². The van der Waals surface area contributed by atoms with Crippen LogP contribution in [0.2, 0.25) is 0 Å². The zero-order chi connectivity index (χ0) is 12.4. The van der Waals surface area contributed by atoms with Crippen LogP contribution in [0.3, 0.4) is 0 Å². The summed E-state index contributed by atoms with van der Waals surface area (Å²) in [4.78, 5) is 11.2. The van der Waals surface area contributed by atoms with Crippen LogP contribution in [0.5, 0.6) is 0 Å². The fourth-order valence-electron chi connectivity index (χ4n) is 0.921. The molecule has 0 spiro atoms. The lowest BCUT2D eigenvalue weighted by molar-refractivity contribution is -0.160. The molecule has 0 aliphatic heterocycles. The monoisotopic (exact) mass is 228 g/mol. The molecule has 0 amide bonds. The Morgan fingerprint density at radius 2 is 1.88 bits per heavy atom. The minimum absolute atomic E-state index is 0.0214. The summed E-state index contributed by atoms with van der Waals surface area (Å²) >= 11 is 0. The molecular weight excluding hydrogens is 208 g/mol. The number of carbonyl (C=O) groups excluding carboxylic acids is 1. The van der Waals surface area contributed by atoms with E-state index in [-0.39, 0.29) is 12.6 Å². The molecule has 16 heavy (non-hydrogen) atoms. The summed E-state index contributed by atoms with van der Waals surface area (Å²) < 4.78 is 15.2. The third-order valence-electron chi connectivity index (χ3n) is 1.40. The van der Waals surface area contributed by atoms with E-state index in [1.807, 2.05) is 20.8 Å². The number of esters is 1. The highest BCUT2D eigenvalue weighted by Gasteiger charge is 2.15. The average Bonchev–Trinajstić information content (AvgIpc) is 2.13. The van der Waals surface area contributed by atoms with Crippen LogP contribution in [-0.4, -0.2) is 38.0 Å². The summed E-state index contributed by atoms with van der Waals surface area (Å²) in [6.07, 6.45) is 5.71. The van der Waals surface area contributed by atoms with Crippen molar-refractivity contribution in [2.24, 2.45) is 0 Å². The number of hydrogen-bond donors (Lipinski definition) is 0. The topological polar surface area (TPSA) is 44.8 Å². The molecule has 0 aromatic heterocycles. The lowest BCUT2D eigenvalue weighted by atomic mass is 10.2. The van der Waals surface area contributed by atoms with E-state index in [2.05, 4.69) is 5.92 Å². The predicted octanol–water partition coefficient (Wildman–Crippen LogP) is 1.38. The van der Waals surface area contributed by atoms with Crippen molar-refractivity contribution in [1.29, 1.82) is 0 Å². The van der Waals surface area contributed by atoms with Crippen LogP contribution < -0.4 is 0 Å². The fraction of sp³-hybridized carbons (Fsp3) is 0.750. The molecule has 4 nitrogen and oxygen atoms in total. The summed E-state index contributed by atoms with van der Waals surface area (Å²) in [6.45, 7) is 6.75. The van der Waals surface area contributed by atoms with Crippen LogP contribution in [0.1, 0.15) is 27.2 Å². The molecule has 4 heteroatoms. The number of rotatable bonds is 7. The van der Waals surface area contributed by atoms with Crippen LogP contribution in [0.15, 0.2) is 0 Å². The maximum Gasteiger partial charge on any atom is 0.332 e. The van der Waals surface area contributed by atoms with E-state index in [9.17, 15) is 4.79 Å². The first-order valence-corrected chi connectivity index (χ1v) is 5.26. The standard InChI is InChI=1S/C12H20O4/c1-5-7-14-8-6-9-15-10-11(13)16-12(2,3)4/h1H,6-10H2,2-4H3. The second kappa shape index (κ2) is 8.14. The molecule has 0 aromatic rings. The molecule has 0 heterocycles. The molecular formula is C12H20O4. The van der Waals surface area contributed by atoms with E-state index in [0.29, 0.717) is 26.2 Å². The Hall–Kier alpha value is -1.05. The van der Waals surface area contributed by atoms with Gasteiger partial charge in [-0.15, -0.1) is 6.42 Å². The zero-order valence-corrected chi connectivity index (χ0v) is 10.2. The van der Waals surface area contributed by atoms with Crippen molar-refractivity contribution in [2.45, 2.75) is 32.8 Å². The van der Waals surface area contributed by atoms with Gasteiger partial charge in [-0.2, -0.15) is 0 Å². The molecule has 0 fully saturated rings. The Morgan fingerprint density at radius 1 is 1.25 bits per heavy atom. The van der Waals surface area contributed by atoms with Gasteiger partial charge in [0.2, 0.25) is 0 Å². The third kappa shape index (κ3) is 11.0. The van der Waals surface area contributed by atoms with Crippen LogP contribution in [-0.2, 0) is 19.0 Å². The summed E-state index contributed by atoms with van der Waals surface area (Å²) in [7, 11) is 0. The lowest BCUT2D eigenvalue weighted by Gasteiger charge is -2.19. The molecule has 0 unspecified atom stereocenters. The molecule has 0 bridgehead atoms. The molecule has 0 saturated carbocycles. The highest BCUT2D eigenvalue weighted by Crippen LogP contribution is 2.06. The third-order valence-corrected chi connectivity index (χ3v) is 1.40. The molecule has 0 radical (unpaired) electrons. The number of ether oxygens (including phenoxy) is 3. The van der Waals surface area contributed by atoms with E-state index < -0.39 is 5.60 Å². The molecule has 92 valence electrons. The van der Waals surface area contributed by atoms with Gasteiger partial charge in [-0.3, -0.25) is 0 Å². The van der Waals surface area contributed by atoms with Gasteiger partial charge in [0.25, 0.3) is 0 Å². The molecule has 0 rings (SSSR count). The van der Waals surface area contributed by atoms with Gasteiger partial charge in [0.05, 0.1) is 6.61 Å². The van der Waals surface area contributed by atoms with Crippen molar-refractivity contribution in [2.75, 3.05) is 26.4 Å². The minimum Gasteiger partial charge on any atom is -0.458 e.